The van der Waals surface area contributed by atoms with E-state index in [1.54, 1.807) is 7.11 Å². The predicted molar refractivity (Wildman–Crippen MR) is 197 cm³/mol. The van der Waals surface area contributed by atoms with Gasteiger partial charge in [-0.1, -0.05) is 12.1 Å². The van der Waals surface area contributed by atoms with E-state index in [1.807, 2.05) is 28.0 Å². The molecule has 4 saturated carbocycles. The largest absolute Gasteiger partial charge is 0.496 e. The molecule has 1 N–H and O–H groups in total. The molecule has 3 heterocycles. The average molecular weight is 698 g/mol. The van der Waals surface area contributed by atoms with Gasteiger partial charge >= 0.3 is 6.09 Å². The topological polar surface area (TPSA) is 108 Å². The summed E-state index contributed by atoms with van der Waals surface area (Å²) < 4.78 is 18.8. The minimum atomic E-state index is -0.352. The monoisotopic (exact) mass is 697 g/mol. The fraction of sp³-hybridized carbons (Fsp3) is 0.610. The first-order valence-corrected chi connectivity index (χ1v) is 19.2. The molecule has 5 aliphatic rings. The molecule has 0 radical (unpaired) electrons. The van der Waals surface area contributed by atoms with E-state index in [9.17, 15) is 9.59 Å². The van der Waals surface area contributed by atoms with Crippen LogP contribution in [-0.4, -0.2) is 65.8 Å². The molecule has 3 aromatic rings. The highest BCUT2D eigenvalue weighted by Gasteiger charge is 2.51. The van der Waals surface area contributed by atoms with Crippen LogP contribution < -0.4 is 15.0 Å². The van der Waals surface area contributed by atoms with Crippen molar-refractivity contribution in [1.29, 1.82) is 0 Å². The fourth-order valence-electron chi connectivity index (χ4n) is 9.11. The second-order valence-electron chi connectivity index (χ2n) is 16.0. The van der Waals surface area contributed by atoms with Crippen molar-refractivity contribution in [1.82, 2.24) is 20.1 Å². The van der Waals surface area contributed by atoms with Crippen LogP contribution in [0.25, 0.3) is 11.1 Å². The number of alkyl carbamates (subject to hydrolysis) is 1. The zero-order chi connectivity index (χ0) is 35.6. The normalized spacial score (nSPS) is 26.5. The predicted octanol–water partition coefficient (Wildman–Crippen LogP) is 7.93. The summed E-state index contributed by atoms with van der Waals surface area (Å²) in [7, 11) is 1.74. The third-order valence-electron chi connectivity index (χ3n) is 12.5. The molecule has 1 saturated heterocycles. The van der Waals surface area contributed by atoms with Gasteiger partial charge in [0.05, 0.1) is 13.3 Å². The molecular weight excluding hydrogens is 642 g/mol. The molecule has 2 amide bonds. The maximum absolute atomic E-state index is 14.7. The lowest BCUT2D eigenvalue weighted by molar-refractivity contribution is -0.124. The summed E-state index contributed by atoms with van der Waals surface area (Å²) in [6, 6.07) is 11.2. The zero-order valence-corrected chi connectivity index (χ0v) is 30.9. The summed E-state index contributed by atoms with van der Waals surface area (Å²) in [5.41, 5.74) is 4.90. The molecule has 51 heavy (non-hydrogen) atoms. The average Bonchev–Trinajstić information content (AvgIpc) is 3.66. The van der Waals surface area contributed by atoms with Gasteiger partial charge in [-0.15, -0.1) is 0 Å². The van der Waals surface area contributed by atoms with Crippen molar-refractivity contribution in [3.63, 3.8) is 0 Å². The third kappa shape index (κ3) is 7.66. The van der Waals surface area contributed by atoms with Crippen molar-refractivity contribution in [3.8, 4) is 16.9 Å². The molecule has 10 heteroatoms. The molecular formula is C41H55N5O5. The molecule has 2 bridgehead atoms. The maximum atomic E-state index is 14.7. The van der Waals surface area contributed by atoms with E-state index in [0.717, 1.165) is 68.2 Å². The summed E-state index contributed by atoms with van der Waals surface area (Å²) in [6.07, 6.45) is 16.3. The van der Waals surface area contributed by atoms with Crippen molar-refractivity contribution in [2.24, 2.45) is 11.3 Å². The maximum Gasteiger partial charge on any atom is 0.407 e. The number of methoxy groups -OCH3 is 1. The smallest absolute Gasteiger partial charge is 0.407 e. The van der Waals surface area contributed by atoms with E-state index in [2.05, 4.69) is 61.6 Å². The number of hydrogen-bond acceptors (Lipinski definition) is 7. The number of nitrogens with zero attached hydrogens (tertiary/aromatic N) is 4. The Morgan fingerprint density at radius 3 is 2.35 bits per heavy atom. The number of rotatable bonds is 10. The third-order valence-corrected chi connectivity index (χ3v) is 12.5. The van der Waals surface area contributed by atoms with E-state index >= 15 is 0 Å². The molecule has 4 aliphatic carbocycles. The van der Waals surface area contributed by atoms with E-state index in [1.165, 1.54) is 11.1 Å². The molecule has 2 aromatic heterocycles. The number of carbonyl (C=O) groups excluding carboxylic acids is 2. The number of ether oxygens (including phenoxy) is 3. The highest BCUT2D eigenvalue weighted by atomic mass is 16.6. The Labute approximate surface area is 302 Å². The van der Waals surface area contributed by atoms with Crippen LogP contribution in [0.2, 0.25) is 0 Å². The highest BCUT2D eigenvalue weighted by Crippen LogP contribution is 2.58. The number of anilines is 1. The number of hydrogen-bond donors (Lipinski definition) is 1. The number of carbonyl (C=O) groups is 2. The van der Waals surface area contributed by atoms with Gasteiger partial charge < -0.3 is 19.5 Å². The summed E-state index contributed by atoms with van der Waals surface area (Å²) in [5, 5.41) is 7.58. The van der Waals surface area contributed by atoms with E-state index < -0.39 is 0 Å². The molecule has 8 rings (SSSR count). The lowest BCUT2D eigenvalue weighted by Gasteiger charge is -2.55. The number of benzene rings is 1. The Hall–Kier alpha value is -3.92. The van der Waals surface area contributed by atoms with Crippen LogP contribution in [0.1, 0.15) is 108 Å². The first kappa shape index (κ1) is 35.5. The lowest BCUT2D eigenvalue weighted by atomic mass is 9.51. The number of amides is 2. The molecule has 5 fully saturated rings. The molecule has 0 unspecified atom stereocenters. The van der Waals surface area contributed by atoms with E-state index in [-0.39, 0.29) is 46.9 Å². The molecule has 0 spiro atoms. The van der Waals surface area contributed by atoms with Gasteiger partial charge in [-0.2, -0.15) is 5.10 Å². The fourth-order valence-corrected chi connectivity index (χ4v) is 9.11. The van der Waals surface area contributed by atoms with Crippen molar-refractivity contribution >= 4 is 17.8 Å². The van der Waals surface area contributed by atoms with Gasteiger partial charge in [0.1, 0.15) is 17.7 Å². The van der Waals surface area contributed by atoms with Crippen LogP contribution in [0, 0.1) is 18.3 Å². The Bertz CT molecular complexity index is 1660. The standard InChI is InChI=1S/C41H55N5O5/c1-28(2)46-26-32(25-43-46)31-11-20-42-37(24-31)45(38(47)30-5-8-35(9-6-30)51-39(48)44-34-12-21-50-22-13-34)27-40-14-17-41(18-15-40,19-16-40)33-7-10-36(49-4)29(3)23-33/h7,10-11,20,23-26,28,30,34-35H,5-6,8-9,12-19,21-22,27H2,1-4H3,(H,44,48). The second kappa shape index (κ2) is 15.0. The molecule has 0 atom stereocenters. The number of fused-ring (bicyclic) bond motifs is 3. The van der Waals surface area contributed by atoms with Crippen LogP contribution in [0.4, 0.5) is 10.6 Å². The van der Waals surface area contributed by atoms with Gasteiger partial charge in [-0.3, -0.25) is 14.4 Å². The van der Waals surface area contributed by atoms with Crippen LogP contribution >= 0.6 is 0 Å². The van der Waals surface area contributed by atoms with Crippen LogP contribution in [-0.2, 0) is 19.7 Å². The number of pyridine rings is 1. The van der Waals surface area contributed by atoms with E-state index in [4.69, 9.17) is 19.2 Å². The zero-order valence-electron chi connectivity index (χ0n) is 30.9. The molecule has 1 aromatic carbocycles. The Morgan fingerprint density at radius 2 is 1.71 bits per heavy atom. The number of aromatic nitrogens is 3. The summed E-state index contributed by atoms with van der Waals surface area (Å²) >= 11 is 0. The Balaban J connectivity index is 1.07. The number of nitrogens with one attached hydrogen (secondary N) is 1. The number of aryl methyl sites for hydroxylation is 1. The molecule has 274 valence electrons. The summed E-state index contributed by atoms with van der Waals surface area (Å²) in [5.74, 6) is 1.66. The van der Waals surface area contributed by atoms with Crippen molar-refractivity contribution < 1.29 is 23.8 Å². The highest BCUT2D eigenvalue weighted by molar-refractivity contribution is 5.95. The van der Waals surface area contributed by atoms with Crippen LogP contribution in [0.15, 0.2) is 48.9 Å². The quantitative estimate of drug-likeness (QED) is 0.229. The SMILES string of the molecule is COc1ccc(C23CCC(CN(C(=O)C4CCC(OC(=O)NC5CCOCC5)CC4)c4cc(-c5cnn(C(C)C)c5)ccn4)(CC2)CC3)cc1C. The minimum absolute atomic E-state index is 0.0572. The van der Waals surface area contributed by atoms with Gasteiger partial charge in [0, 0.05) is 55.7 Å². The van der Waals surface area contributed by atoms with Crippen LogP contribution in [0.3, 0.4) is 0 Å². The van der Waals surface area contributed by atoms with Crippen molar-refractivity contribution in [2.75, 3.05) is 31.8 Å². The lowest BCUT2D eigenvalue weighted by Crippen LogP contribution is -2.52. The summed E-state index contributed by atoms with van der Waals surface area (Å²) in [4.78, 5) is 34.2. The Morgan fingerprint density at radius 1 is 0.980 bits per heavy atom. The van der Waals surface area contributed by atoms with Gasteiger partial charge in [0.2, 0.25) is 5.91 Å². The molecule has 10 nitrogen and oxygen atoms in total. The van der Waals surface area contributed by atoms with Crippen molar-refractivity contribution in [2.45, 2.75) is 121 Å². The van der Waals surface area contributed by atoms with Crippen LogP contribution in [0.5, 0.6) is 5.75 Å². The summed E-state index contributed by atoms with van der Waals surface area (Å²) in [6.45, 7) is 8.37. The first-order valence-electron chi connectivity index (χ1n) is 19.2. The van der Waals surface area contributed by atoms with Crippen molar-refractivity contribution in [3.05, 3.63) is 60.0 Å². The van der Waals surface area contributed by atoms with Gasteiger partial charge in [0.15, 0.2) is 0 Å². The molecule has 1 aliphatic heterocycles. The van der Waals surface area contributed by atoms with Gasteiger partial charge in [-0.05, 0) is 144 Å². The van der Waals surface area contributed by atoms with E-state index in [0.29, 0.717) is 51.3 Å². The minimum Gasteiger partial charge on any atom is -0.496 e. The Kier molecular flexibility index (Phi) is 10.4. The second-order valence-corrected chi connectivity index (χ2v) is 16.0. The first-order chi connectivity index (χ1) is 24.7. The van der Waals surface area contributed by atoms with Gasteiger partial charge in [0.25, 0.3) is 0 Å². The van der Waals surface area contributed by atoms with Gasteiger partial charge in [-0.25, -0.2) is 9.78 Å².